The van der Waals surface area contributed by atoms with Gasteiger partial charge in [-0.3, -0.25) is 13.9 Å². The first-order valence-corrected chi connectivity index (χ1v) is 14.7. The van der Waals surface area contributed by atoms with Crippen molar-refractivity contribution in [2.24, 2.45) is 0 Å². The summed E-state index contributed by atoms with van der Waals surface area (Å²) >= 11 is 0. The summed E-state index contributed by atoms with van der Waals surface area (Å²) in [6.45, 7) is 4.25. The Hall–Kier alpha value is -4.06. The van der Waals surface area contributed by atoms with Crippen LogP contribution in [0, 0.1) is 0 Å². The summed E-state index contributed by atoms with van der Waals surface area (Å²) in [5.74, 6) is -0.743. The molecule has 0 radical (unpaired) electrons. The highest BCUT2D eigenvalue weighted by Crippen LogP contribution is 2.33. The number of halogens is 3. The molecule has 0 aliphatic heterocycles. The van der Waals surface area contributed by atoms with Gasteiger partial charge in [0.1, 0.15) is 18.3 Å². The number of carbonyl (C=O) groups is 2. The number of amides is 2. The van der Waals surface area contributed by atoms with E-state index >= 15 is 0 Å². The van der Waals surface area contributed by atoms with E-state index in [4.69, 9.17) is 4.74 Å². The average Bonchev–Trinajstić information content (AvgIpc) is 2.98. The Morgan fingerprint density at radius 1 is 0.952 bits per heavy atom. The van der Waals surface area contributed by atoms with Gasteiger partial charge in [0.2, 0.25) is 11.8 Å². The lowest BCUT2D eigenvalue weighted by Gasteiger charge is -2.32. The van der Waals surface area contributed by atoms with Crippen LogP contribution in [-0.4, -0.2) is 50.9 Å². The largest absolute Gasteiger partial charge is 0.497 e. The maximum absolute atomic E-state index is 13.9. The Morgan fingerprint density at radius 2 is 1.62 bits per heavy atom. The normalized spacial score (nSPS) is 13.1. The maximum atomic E-state index is 13.9. The van der Waals surface area contributed by atoms with Gasteiger partial charge in [0.05, 0.1) is 23.3 Å². The molecule has 2 amide bonds. The lowest BCUT2D eigenvalue weighted by atomic mass is 10.1. The van der Waals surface area contributed by atoms with Gasteiger partial charge in [-0.15, -0.1) is 0 Å². The molecule has 0 aromatic heterocycles. The van der Waals surface area contributed by atoms with Crippen LogP contribution in [0.4, 0.5) is 18.9 Å². The molecular formula is C30H34F3N3O5S. The van der Waals surface area contributed by atoms with Gasteiger partial charge >= 0.3 is 6.18 Å². The van der Waals surface area contributed by atoms with E-state index in [1.807, 2.05) is 6.92 Å². The number of alkyl halides is 3. The van der Waals surface area contributed by atoms with Gasteiger partial charge in [-0.05, 0) is 68.3 Å². The highest BCUT2D eigenvalue weighted by atomic mass is 32.2. The van der Waals surface area contributed by atoms with Gasteiger partial charge in [-0.1, -0.05) is 43.3 Å². The number of ether oxygens (including phenoxy) is 1. The molecule has 0 bridgehead atoms. The van der Waals surface area contributed by atoms with E-state index in [0.29, 0.717) is 28.1 Å². The highest BCUT2D eigenvalue weighted by molar-refractivity contribution is 7.92. The second kappa shape index (κ2) is 13.7. The SMILES string of the molecule is CCC(C)NC(=O)C(C)N(Cc1cccc(OC)c1)C(=O)CN(c1cccc(C(F)(F)F)c1)S(=O)(=O)c1ccccc1. The van der Waals surface area contributed by atoms with E-state index in [0.717, 1.165) is 12.1 Å². The summed E-state index contributed by atoms with van der Waals surface area (Å²) in [6, 6.07) is 16.4. The highest BCUT2D eigenvalue weighted by Gasteiger charge is 2.35. The van der Waals surface area contributed by atoms with Gasteiger partial charge in [-0.2, -0.15) is 13.2 Å². The predicted octanol–water partition coefficient (Wildman–Crippen LogP) is 5.24. The Balaban J connectivity index is 2.08. The number of methoxy groups -OCH3 is 1. The van der Waals surface area contributed by atoms with Crippen LogP contribution in [0.5, 0.6) is 5.75 Å². The monoisotopic (exact) mass is 605 g/mol. The zero-order valence-electron chi connectivity index (χ0n) is 23.8. The number of hydrogen-bond donors (Lipinski definition) is 1. The summed E-state index contributed by atoms with van der Waals surface area (Å²) in [4.78, 5) is 28.0. The molecule has 0 spiro atoms. The van der Waals surface area contributed by atoms with Crippen LogP contribution < -0.4 is 14.4 Å². The summed E-state index contributed by atoms with van der Waals surface area (Å²) in [5, 5.41) is 2.82. The second-order valence-electron chi connectivity index (χ2n) is 9.74. The third kappa shape index (κ3) is 8.03. The molecule has 0 heterocycles. The van der Waals surface area contributed by atoms with Gasteiger partial charge in [0.15, 0.2) is 0 Å². The molecule has 0 aliphatic carbocycles. The zero-order valence-corrected chi connectivity index (χ0v) is 24.6. The van der Waals surface area contributed by atoms with Crippen LogP contribution in [-0.2, 0) is 32.3 Å². The fourth-order valence-electron chi connectivity index (χ4n) is 4.10. The second-order valence-corrected chi connectivity index (χ2v) is 11.6. The number of carbonyl (C=O) groups excluding carboxylic acids is 2. The Kier molecular flexibility index (Phi) is 10.6. The number of hydrogen-bond acceptors (Lipinski definition) is 5. The summed E-state index contributed by atoms with van der Waals surface area (Å²) in [7, 11) is -3.02. The van der Waals surface area contributed by atoms with Crippen LogP contribution in [0.3, 0.4) is 0 Å². The van der Waals surface area contributed by atoms with Crippen LogP contribution in [0.25, 0.3) is 0 Å². The summed E-state index contributed by atoms with van der Waals surface area (Å²) in [6.07, 6.45) is -4.11. The molecule has 12 heteroatoms. The van der Waals surface area contributed by atoms with Crippen molar-refractivity contribution in [3.63, 3.8) is 0 Å². The Morgan fingerprint density at radius 3 is 2.24 bits per heavy atom. The third-order valence-electron chi connectivity index (χ3n) is 6.73. The van der Waals surface area contributed by atoms with Gasteiger partial charge in [-0.25, -0.2) is 8.42 Å². The number of nitrogens with one attached hydrogen (secondary N) is 1. The number of rotatable bonds is 12. The van der Waals surface area contributed by atoms with Gasteiger partial charge in [0.25, 0.3) is 10.0 Å². The molecule has 3 rings (SSSR count). The van der Waals surface area contributed by atoms with E-state index in [2.05, 4.69) is 5.32 Å². The first-order valence-electron chi connectivity index (χ1n) is 13.3. The molecule has 0 saturated carbocycles. The standard InChI is InChI=1S/C30H34F3N3O5S/c1-5-21(2)34-29(38)22(3)35(19-23-11-9-14-26(17-23)41-4)28(37)20-36(42(39,40)27-15-7-6-8-16-27)25-13-10-12-24(18-25)30(31,32)33/h6-18,21-22H,5,19-20H2,1-4H3,(H,34,38). The number of nitrogens with zero attached hydrogens (tertiary/aromatic N) is 2. The van der Waals surface area contributed by atoms with Crippen LogP contribution in [0.15, 0.2) is 83.8 Å². The summed E-state index contributed by atoms with van der Waals surface area (Å²) < 4.78 is 74.1. The maximum Gasteiger partial charge on any atom is 0.416 e. The number of anilines is 1. The number of sulfonamides is 1. The molecule has 2 atom stereocenters. The molecule has 0 fully saturated rings. The molecule has 0 aliphatic rings. The Labute approximate surface area is 244 Å². The minimum absolute atomic E-state index is 0.0903. The van der Waals surface area contributed by atoms with Crippen molar-refractivity contribution in [1.29, 1.82) is 0 Å². The minimum atomic E-state index is -4.75. The van der Waals surface area contributed by atoms with E-state index in [-0.39, 0.29) is 23.2 Å². The molecule has 1 N–H and O–H groups in total. The third-order valence-corrected chi connectivity index (χ3v) is 8.52. The molecule has 0 saturated heterocycles. The lowest BCUT2D eigenvalue weighted by Crippen LogP contribution is -2.52. The van der Waals surface area contributed by atoms with Crippen molar-refractivity contribution in [1.82, 2.24) is 10.2 Å². The molecule has 2 unspecified atom stereocenters. The number of benzene rings is 3. The van der Waals surface area contributed by atoms with E-state index in [1.165, 1.54) is 49.3 Å². The minimum Gasteiger partial charge on any atom is -0.497 e. The van der Waals surface area contributed by atoms with Crippen LogP contribution >= 0.6 is 0 Å². The fourth-order valence-corrected chi connectivity index (χ4v) is 5.53. The molecule has 8 nitrogen and oxygen atoms in total. The topological polar surface area (TPSA) is 96.0 Å². The summed E-state index contributed by atoms with van der Waals surface area (Å²) in [5.41, 5.74) is -0.822. The van der Waals surface area contributed by atoms with Crippen molar-refractivity contribution in [3.8, 4) is 5.75 Å². The molecule has 226 valence electrons. The average molecular weight is 606 g/mol. The van der Waals surface area contributed by atoms with E-state index in [9.17, 15) is 31.2 Å². The van der Waals surface area contributed by atoms with Crippen LogP contribution in [0.1, 0.15) is 38.3 Å². The van der Waals surface area contributed by atoms with Crippen molar-refractivity contribution in [2.75, 3.05) is 18.0 Å². The van der Waals surface area contributed by atoms with E-state index < -0.39 is 46.2 Å². The van der Waals surface area contributed by atoms with Crippen molar-refractivity contribution in [3.05, 3.63) is 90.0 Å². The van der Waals surface area contributed by atoms with E-state index in [1.54, 1.807) is 37.3 Å². The van der Waals surface area contributed by atoms with Gasteiger partial charge < -0.3 is 15.0 Å². The van der Waals surface area contributed by atoms with Crippen molar-refractivity contribution >= 4 is 27.5 Å². The fraction of sp³-hybridized carbons (Fsp3) is 0.333. The molecular weight excluding hydrogens is 571 g/mol. The molecule has 42 heavy (non-hydrogen) atoms. The van der Waals surface area contributed by atoms with Gasteiger partial charge in [0, 0.05) is 12.6 Å². The van der Waals surface area contributed by atoms with Crippen LogP contribution in [0.2, 0.25) is 0 Å². The smallest absolute Gasteiger partial charge is 0.416 e. The van der Waals surface area contributed by atoms with Crippen molar-refractivity contribution < 1.29 is 35.9 Å². The zero-order chi connectivity index (χ0) is 31.1. The predicted molar refractivity (Wildman–Crippen MR) is 153 cm³/mol. The lowest BCUT2D eigenvalue weighted by molar-refractivity contribution is -0.139. The molecule has 3 aromatic carbocycles. The molecule has 3 aromatic rings. The first kappa shape index (κ1) is 32.5. The Bertz CT molecular complexity index is 1480. The quantitative estimate of drug-likeness (QED) is 0.305. The first-order chi connectivity index (χ1) is 19.8. The van der Waals surface area contributed by atoms with Crippen molar-refractivity contribution in [2.45, 2.75) is 56.9 Å².